The molecule has 19 heavy (non-hydrogen) atoms. The molecule has 0 aromatic rings. The Morgan fingerprint density at radius 1 is 1.42 bits per heavy atom. The molecule has 0 spiro atoms. The summed E-state index contributed by atoms with van der Waals surface area (Å²) in [6, 6.07) is 1.85. The molecule has 0 amide bonds. The highest BCUT2D eigenvalue weighted by Gasteiger charge is 2.60. The highest BCUT2D eigenvalue weighted by Crippen LogP contribution is 2.62. The molecule has 0 aromatic carbocycles. The molecule has 2 rings (SSSR count). The zero-order chi connectivity index (χ0) is 14.5. The van der Waals surface area contributed by atoms with E-state index >= 15 is 0 Å². The van der Waals surface area contributed by atoms with Crippen LogP contribution < -0.4 is 4.72 Å². The molecular formula is C14H24N2O2S. The summed E-state index contributed by atoms with van der Waals surface area (Å²) in [4.78, 5) is 0. The molecule has 4 unspecified atom stereocenters. The van der Waals surface area contributed by atoms with Gasteiger partial charge in [0.2, 0.25) is 10.0 Å². The van der Waals surface area contributed by atoms with Crippen molar-refractivity contribution in [1.82, 2.24) is 4.72 Å². The van der Waals surface area contributed by atoms with E-state index < -0.39 is 15.3 Å². The molecule has 2 aliphatic carbocycles. The van der Waals surface area contributed by atoms with Crippen LogP contribution in [0.5, 0.6) is 0 Å². The molecule has 2 bridgehead atoms. The van der Waals surface area contributed by atoms with Gasteiger partial charge in [0.15, 0.2) is 5.25 Å². The summed E-state index contributed by atoms with van der Waals surface area (Å²) in [6.07, 6.45) is 3.70. The molecule has 5 heteroatoms. The molecule has 4 atom stereocenters. The van der Waals surface area contributed by atoms with Gasteiger partial charge < -0.3 is 0 Å². The summed E-state index contributed by atoms with van der Waals surface area (Å²) in [5.74, 6) is 0.590. The third-order valence-electron chi connectivity index (χ3n) is 5.44. The van der Waals surface area contributed by atoms with E-state index in [1.165, 1.54) is 6.42 Å². The third kappa shape index (κ3) is 2.19. The minimum Gasteiger partial charge on any atom is -0.211 e. The van der Waals surface area contributed by atoms with E-state index in [9.17, 15) is 8.42 Å². The van der Waals surface area contributed by atoms with Crippen molar-refractivity contribution in [3.8, 4) is 6.07 Å². The van der Waals surface area contributed by atoms with Crippen LogP contribution in [0.1, 0.15) is 53.4 Å². The van der Waals surface area contributed by atoms with E-state index in [2.05, 4.69) is 25.5 Å². The first-order valence-corrected chi connectivity index (χ1v) is 8.63. The normalized spacial score (nSPS) is 38.1. The lowest BCUT2D eigenvalue weighted by Crippen LogP contribution is -2.54. The van der Waals surface area contributed by atoms with Gasteiger partial charge in [0, 0.05) is 6.04 Å². The van der Waals surface area contributed by atoms with Gasteiger partial charge in [0.05, 0.1) is 6.07 Å². The molecule has 4 nitrogen and oxygen atoms in total. The lowest BCUT2D eigenvalue weighted by molar-refractivity contribution is 0.127. The Kier molecular flexibility index (Phi) is 3.47. The van der Waals surface area contributed by atoms with Crippen molar-refractivity contribution < 1.29 is 8.42 Å². The number of rotatable bonds is 4. The van der Waals surface area contributed by atoms with Gasteiger partial charge in [0.1, 0.15) is 0 Å². The number of hydrogen-bond donors (Lipinski definition) is 1. The second kappa shape index (κ2) is 4.46. The van der Waals surface area contributed by atoms with E-state index in [4.69, 9.17) is 5.26 Å². The Hall–Kier alpha value is -0.600. The van der Waals surface area contributed by atoms with Gasteiger partial charge in [-0.3, -0.25) is 0 Å². The maximum Gasteiger partial charge on any atom is 0.228 e. The van der Waals surface area contributed by atoms with Crippen LogP contribution in [0.4, 0.5) is 0 Å². The number of nitriles is 1. The highest BCUT2D eigenvalue weighted by molar-refractivity contribution is 7.90. The Morgan fingerprint density at radius 3 is 2.47 bits per heavy atom. The van der Waals surface area contributed by atoms with Gasteiger partial charge in [-0.05, 0) is 42.4 Å². The van der Waals surface area contributed by atoms with Crippen molar-refractivity contribution in [2.45, 2.75) is 64.7 Å². The first kappa shape index (κ1) is 14.8. The maximum atomic E-state index is 12.3. The second-order valence-corrected chi connectivity index (χ2v) is 8.93. The van der Waals surface area contributed by atoms with Crippen LogP contribution in [-0.4, -0.2) is 19.7 Å². The van der Waals surface area contributed by atoms with Crippen LogP contribution in [0.15, 0.2) is 0 Å². The van der Waals surface area contributed by atoms with Gasteiger partial charge in [0.25, 0.3) is 0 Å². The van der Waals surface area contributed by atoms with Crippen LogP contribution in [0.2, 0.25) is 0 Å². The number of nitrogens with zero attached hydrogens (tertiary/aromatic N) is 1. The van der Waals surface area contributed by atoms with Crippen molar-refractivity contribution in [3.63, 3.8) is 0 Å². The van der Waals surface area contributed by atoms with Crippen molar-refractivity contribution in [3.05, 3.63) is 0 Å². The Morgan fingerprint density at radius 2 is 2.05 bits per heavy atom. The predicted molar refractivity (Wildman–Crippen MR) is 74.8 cm³/mol. The second-order valence-electron chi connectivity index (χ2n) is 7.04. The van der Waals surface area contributed by atoms with Gasteiger partial charge in [-0.25, -0.2) is 13.1 Å². The van der Waals surface area contributed by atoms with E-state index in [1.54, 1.807) is 6.92 Å². The van der Waals surface area contributed by atoms with Crippen LogP contribution in [0.3, 0.4) is 0 Å². The Bertz CT molecular complexity index is 501. The maximum absolute atomic E-state index is 12.3. The minimum absolute atomic E-state index is 0.0200. The first-order valence-electron chi connectivity index (χ1n) is 7.08. The Labute approximate surface area is 116 Å². The topological polar surface area (TPSA) is 70.0 Å². The fraction of sp³-hybridized carbons (Fsp3) is 0.929. The van der Waals surface area contributed by atoms with E-state index in [-0.39, 0.29) is 16.9 Å². The fourth-order valence-electron chi connectivity index (χ4n) is 4.22. The predicted octanol–water partition coefficient (Wildman–Crippen LogP) is 2.42. The van der Waals surface area contributed by atoms with E-state index in [1.807, 2.05) is 6.07 Å². The number of hydrogen-bond acceptors (Lipinski definition) is 3. The molecule has 0 heterocycles. The quantitative estimate of drug-likeness (QED) is 0.862. The summed E-state index contributed by atoms with van der Waals surface area (Å²) in [5, 5.41) is 8.05. The molecule has 0 aliphatic heterocycles. The zero-order valence-corrected chi connectivity index (χ0v) is 13.0. The molecule has 108 valence electrons. The van der Waals surface area contributed by atoms with Crippen molar-refractivity contribution in [2.24, 2.45) is 16.7 Å². The average molecular weight is 284 g/mol. The van der Waals surface area contributed by atoms with Crippen LogP contribution in [0, 0.1) is 28.1 Å². The summed E-state index contributed by atoms with van der Waals surface area (Å²) < 4.78 is 27.5. The van der Waals surface area contributed by atoms with Crippen molar-refractivity contribution in [2.75, 3.05) is 0 Å². The fourth-order valence-corrected chi connectivity index (χ4v) is 5.88. The van der Waals surface area contributed by atoms with Gasteiger partial charge >= 0.3 is 0 Å². The largest absolute Gasteiger partial charge is 0.228 e. The van der Waals surface area contributed by atoms with Gasteiger partial charge in [-0.1, -0.05) is 27.7 Å². The van der Waals surface area contributed by atoms with Crippen LogP contribution in [0.25, 0.3) is 0 Å². The molecule has 2 fully saturated rings. The lowest BCUT2D eigenvalue weighted by Gasteiger charge is -2.43. The van der Waals surface area contributed by atoms with Gasteiger partial charge in [-0.15, -0.1) is 0 Å². The SMILES string of the molecule is CCC(C#N)S(=O)(=O)NC1C2(C)CCC(C2)C1(C)C. The first-order chi connectivity index (χ1) is 8.67. The molecule has 0 saturated heterocycles. The van der Waals surface area contributed by atoms with Crippen molar-refractivity contribution in [1.29, 1.82) is 5.26 Å². The summed E-state index contributed by atoms with van der Waals surface area (Å²) in [6.45, 7) is 8.23. The van der Waals surface area contributed by atoms with E-state index in [0.29, 0.717) is 12.3 Å². The van der Waals surface area contributed by atoms with Crippen LogP contribution >= 0.6 is 0 Å². The summed E-state index contributed by atoms with van der Waals surface area (Å²) in [5.41, 5.74) is 0.0306. The molecule has 2 saturated carbocycles. The number of sulfonamides is 1. The third-order valence-corrected chi connectivity index (χ3v) is 7.19. The summed E-state index contributed by atoms with van der Waals surface area (Å²) in [7, 11) is -3.55. The minimum atomic E-state index is -3.55. The summed E-state index contributed by atoms with van der Waals surface area (Å²) >= 11 is 0. The monoisotopic (exact) mass is 284 g/mol. The van der Waals surface area contributed by atoms with Gasteiger partial charge in [-0.2, -0.15) is 5.26 Å². The molecular weight excluding hydrogens is 260 g/mol. The molecule has 0 radical (unpaired) electrons. The molecule has 0 aromatic heterocycles. The Balaban J connectivity index is 2.27. The zero-order valence-electron chi connectivity index (χ0n) is 12.2. The highest BCUT2D eigenvalue weighted by atomic mass is 32.2. The van der Waals surface area contributed by atoms with E-state index in [0.717, 1.165) is 12.8 Å². The smallest absolute Gasteiger partial charge is 0.211 e. The standard InChI is InChI=1S/C14H24N2O2S/c1-5-11(9-15)19(17,18)16-12-13(2,3)10-6-7-14(12,4)8-10/h10-12,16H,5-8H2,1-4H3. The molecule has 1 N–H and O–H groups in total. The van der Waals surface area contributed by atoms with Crippen LogP contribution in [-0.2, 0) is 10.0 Å². The lowest BCUT2D eigenvalue weighted by atomic mass is 9.69. The average Bonchev–Trinajstić information content (AvgIpc) is 2.77. The van der Waals surface area contributed by atoms with Crippen molar-refractivity contribution >= 4 is 10.0 Å². The number of fused-ring (bicyclic) bond motifs is 2. The molecule has 2 aliphatic rings. The number of nitrogens with one attached hydrogen (secondary N) is 1.